The Morgan fingerprint density at radius 3 is 2.61 bits per heavy atom. The number of anilines is 1. The lowest BCUT2D eigenvalue weighted by Gasteiger charge is -2.27. The van der Waals surface area contributed by atoms with Gasteiger partial charge in [0.2, 0.25) is 0 Å². The van der Waals surface area contributed by atoms with Gasteiger partial charge < -0.3 is 4.90 Å². The second-order valence-electron chi connectivity index (χ2n) is 4.42. The fourth-order valence-electron chi connectivity index (χ4n) is 1.77. The number of nitriles is 1. The van der Waals surface area contributed by atoms with E-state index in [1.807, 2.05) is 17.9 Å². The highest BCUT2D eigenvalue weighted by Gasteiger charge is 2.16. The van der Waals surface area contributed by atoms with Crippen LogP contribution in [0, 0.1) is 23.1 Å². The van der Waals surface area contributed by atoms with Crippen LogP contribution in [0.25, 0.3) is 0 Å². The maximum atomic E-state index is 14.2. The third kappa shape index (κ3) is 3.23. The largest absolute Gasteiger partial charge is 0.369 e. The number of nitrogens with zero attached hydrogens (tertiary/aromatic N) is 2. The van der Waals surface area contributed by atoms with Gasteiger partial charge in [-0.2, -0.15) is 5.26 Å². The third-order valence-corrected chi connectivity index (χ3v) is 3.91. The summed E-state index contributed by atoms with van der Waals surface area (Å²) in [5.41, 5.74) is 0.888. The zero-order chi connectivity index (χ0) is 13.7. The van der Waals surface area contributed by atoms with E-state index in [1.54, 1.807) is 12.1 Å². The number of rotatable bonds is 5. The number of benzene rings is 1. The molecule has 0 fully saturated rings. The Kier molecular flexibility index (Phi) is 5.61. The molecule has 0 aliphatic carbocycles. The molecular formula is C14H18BrFN2. The predicted molar refractivity (Wildman–Crippen MR) is 76.2 cm³/mol. The Morgan fingerprint density at radius 1 is 1.44 bits per heavy atom. The first-order valence-corrected chi connectivity index (χ1v) is 6.97. The van der Waals surface area contributed by atoms with Gasteiger partial charge in [0.15, 0.2) is 5.82 Å². The predicted octanol–water partition coefficient (Wildman–Crippen LogP) is 4.33. The molecule has 0 saturated heterocycles. The molecule has 1 atom stereocenters. The summed E-state index contributed by atoms with van der Waals surface area (Å²) in [5.74, 6) is 0.165. The first kappa shape index (κ1) is 15.0. The van der Waals surface area contributed by atoms with Crippen LogP contribution in [-0.2, 0) is 0 Å². The van der Waals surface area contributed by atoms with Crippen molar-refractivity contribution < 1.29 is 4.39 Å². The highest BCUT2D eigenvalue weighted by atomic mass is 79.9. The van der Waals surface area contributed by atoms with E-state index >= 15 is 0 Å². The fraction of sp³-hybridized carbons (Fsp3) is 0.500. The number of hydrogen-bond donors (Lipinski definition) is 0. The lowest BCUT2D eigenvalue weighted by Crippen LogP contribution is -2.29. The summed E-state index contributed by atoms with van der Waals surface area (Å²) in [6.07, 6.45) is 1.07. The lowest BCUT2D eigenvalue weighted by molar-refractivity contribution is 0.537. The Balaban J connectivity index is 3.08. The zero-order valence-electron chi connectivity index (χ0n) is 11.0. The summed E-state index contributed by atoms with van der Waals surface area (Å²) >= 11 is 3.15. The normalized spacial score (nSPS) is 12.0. The van der Waals surface area contributed by atoms with Crippen molar-refractivity contribution in [3.05, 3.63) is 28.0 Å². The maximum Gasteiger partial charge on any atom is 0.161 e. The van der Waals surface area contributed by atoms with E-state index in [1.165, 1.54) is 0 Å². The summed E-state index contributed by atoms with van der Waals surface area (Å²) in [6, 6.07) is 5.31. The van der Waals surface area contributed by atoms with Crippen LogP contribution >= 0.6 is 15.9 Å². The van der Waals surface area contributed by atoms with Crippen molar-refractivity contribution in [3.8, 4) is 6.07 Å². The van der Waals surface area contributed by atoms with Crippen LogP contribution in [0.2, 0.25) is 0 Å². The molecule has 0 heterocycles. The smallest absolute Gasteiger partial charge is 0.161 e. The summed E-state index contributed by atoms with van der Waals surface area (Å²) < 4.78 is 14.5. The molecule has 0 aromatic heterocycles. The molecule has 0 aliphatic rings. The average molecular weight is 313 g/mol. The van der Waals surface area contributed by atoms with Crippen LogP contribution in [0.15, 0.2) is 16.6 Å². The monoisotopic (exact) mass is 312 g/mol. The van der Waals surface area contributed by atoms with Crippen molar-refractivity contribution in [1.29, 1.82) is 5.26 Å². The van der Waals surface area contributed by atoms with E-state index in [-0.39, 0.29) is 10.3 Å². The quantitative estimate of drug-likeness (QED) is 0.809. The van der Waals surface area contributed by atoms with Crippen LogP contribution in [0.1, 0.15) is 32.8 Å². The molecule has 0 amide bonds. The van der Waals surface area contributed by atoms with Crippen molar-refractivity contribution in [3.63, 3.8) is 0 Å². The highest BCUT2D eigenvalue weighted by molar-refractivity contribution is 9.10. The second-order valence-corrected chi connectivity index (χ2v) is 5.22. The summed E-state index contributed by atoms with van der Waals surface area (Å²) in [4.78, 5) is 2.01. The van der Waals surface area contributed by atoms with Gasteiger partial charge in [-0.05, 0) is 40.9 Å². The SMILES string of the molecule is CCC(C)CN(CC)c1ccc(C#N)c(Br)c1F. The average Bonchev–Trinajstić information content (AvgIpc) is 2.39. The van der Waals surface area contributed by atoms with Gasteiger partial charge in [-0.15, -0.1) is 0 Å². The van der Waals surface area contributed by atoms with Crippen LogP contribution in [0.5, 0.6) is 0 Å². The van der Waals surface area contributed by atoms with Crippen molar-refractivity contribution in [2.75, 3.05) is 18.0 Å². The molecule has 18 heavy (non-hydrogen) atoms. The highest BCUT2D eigenvalue weighted by Crippen LogP contribution is 2.29. The van der Waals surface area contributed by atoms with Crippen molar-refractivity contribution in [2.24, 2.45) is 5.92 Å². The molecule has 98 valence electrons. The van der Waals surface area contributed by atoms with Crippen LogP contribution < -0.4 is 4.90 Å². The molecule has 2 nitrogen and oxygen atoms in total. The van der Waals surface area contributed by atoms with Gasteiger partial charge in [-0.3, -0.25) is 0 Å². The van der Waals surface area contributed by atoms with Gasteiger partial charge in [0.25, 0.3) is 0 Å². The molecule has 0 radical (unpaired) electrons. The molecular weight excluding hydrogens is 295 g/mol. The van der Waals surface area contributed by atoms with Crippen LogP contribution in [0.3, 0.4) is 0 Å². The second kappa shape index (κ2) is 6.75. The summed E-state index contributed by atoms with van der Waals surface area (Å²) in [7, 11) is 0. The molecule has 1 unspecified atom stereocenters. The molecule has 0 N–H and O–H groups in total. The molecule has 1 aromatic rings. The minimum Gasteiger partial charge on any atom is -0.369 e. The van der Waals surface area contributed by atoms with E-state index in [2.05, 4.69) is 29.8 Å². The van der Waals surface area contributed by atoms with E-state index in [0.29, 0.717) is 17.2 Å². The fourth-order valence-corrected chi connectivity index (χ4v) is 2.20. The Labute approximate surface area is 117 Å². The van der Waals surface area contributed by atoms with Gasteiger partial charge >= 0.3 is 0 Å². The van der Waals surface area contributed by atoms with E-state index in [9.17, 15) is 4.39 Å². The zero-order valence-corrected chi connectivity index (χ0v) is 12.6. The van der Waals surface area contributed by atoms with E-state index in [0.717, 1.165) is 19.5 Å². The standard InChI is InChI=1S/C14H18BrFN2/c1-4-10(3)9-18(5-2)12-7-6-11(8-17)13(15)14(12)16/h6-7,10H,4-5,9H2,1-3H3. The number of hydrogen-bond acceptors (Lipinski definition) is 2. The van der Waals surface area contributed by atoms with Gasteiger partial charge in [0.05, 0.1) is 15.7 Å². The molecule has 0 aliphatic heterocycles. The van der Waals surface area contributed by atoms with Crippen molar-refractivity contribution >= 4 is 21.6 Å². The maximum absolute atomic E-state index is 14.2. The first-order chi connectivity index (χ1) is 8.54. The summed E-state index contributed by atoms with van der Waals surface area (Å²) in [6.45, 7) is 7.86. The Morgan fingerprint density at radius 2 is 2.11 bits per heavy atom. The van der Waals surface area contributed by atoms with Gasteiger partial charge in [-0.1, -0.05) is 20.3 Å². The summed E-state index contributed by atoms with van der Waals surface area (Å²) in [5, 5.41) is 8.85. The molecule has 0 saturated carbocycles. The molecule has 1 rings (SSSR count). The Bertz CT molecular complexity index is 454. The van der Waals surface area contributed by atoms with Crippen molar-refractivity contribution in [2.45, 2.75) is 27.2 Å². The molecule has 0 bridgehead atoms. The first-order valence-electron chi connectivity index (χ1n) is 6.18. The minimum atomic E-state index is -0.348. The van der Waals surface area contributed by atoms with Gasteiger partial charge in [0, 0.05) is 13.1 Å². The third-order valence-electron chi connectivity index (χ3n) is 3.13. The van der Waals surface area contributed by atoms with E-state index in [4.69, 9.17) is 5.26 Å². The number of halogens is 2. The van der Waals surface area contributed by atoms with Crippen molar-refractivity contribution in [1.82, 2.24) is 0 Å². The van der Waals surface area contributed by atoms with E-state index < -0.39 is 0 Å². The lowest BCUT2D eigenvalue weighted by atomic mass is 10.1. The topological polar surface area (TPSA) is 27.0 Å². The Hall–Kier alpha value is -1.08. The molecule has 0 spiro atoms. The van der Waals surface area contributed by atoms with Gasteiger partial charge in [-0.25, -0.2) is 4.39 Å². The molecule has 1 aromatic carbocycles. The van der Waals surface area contributed by atoms with Gasteiger partial charge in [0.1, 0.15) is 6.07 Å². The minimum absolute atomic E-state index is 0.255. The molecule has 4 heteroatoms. The van der Waals surface area contributed by atoms with Crippen LogP contribution in [0.4, 0.5) is 10.1 Å². The van der Waals surface area contributed by atoms with Crippen LogP contribution in [-0.4, -0.2) is 13.1 Å².